The lowest BCUT2D eigenvalue weighted by Gasteiger charge is -2.13. The molecule has 4 nitrogen and oxygen atoms in total. The van der Waals surface area contributed by atoms with E-state index in [4.69, 9.17) is 16.3 Å². The Balaban J connectivity index is 1.77. The van der Waals surface area contributed by atoms with Crippen LogP contribution in [0, 0.1) is 5.82 Å². The molecule has 0 bridgehead atoms. The molecule has 28 heavy (non-hydrogen) atoms. The average molecular weight is 394 g/mol. The van der Waals surface area contributed by atoms with Crippen LogP contribution in [0.1, 0.15) is 11.1 Å². The van der Waals surface area contributed by atoms with Crippen LogP contribution in [0.5, 0.6) is 5.75 Å². The molecule has 0 saturated heterocycles. The third-order valence-corrected chi connectivity index (χ3v) is 4.75. The lowest BCUT2D eigenvalue weighted by atomic mass is 10.0. The summed E-state index contributed by atoms with van der Waals surface area (Å²) in [5, 5.41) is 4.09. The first-order valence-corrected chi connectivity index (χ1v) is 9.09. The zero-order valence-electron chi connectivity index (χ0n) is 15.1. The third kappa shape index (κ3) is 3.75. The average Bonchev–Trinajstić information content (AvgIpc) is 2.71. The van der Waals surface area contributed by atoms with Gasteiger partial charge >= 0.3 is 0 Å². The molecule has 1 heterocycles. The maximum Gasteiger partial charge on any atom is 0.141 e. The molecule has 0 aliphatic heterocycles. The van der Waals surface area contributed by atoms with Crippen LogP contribution in [0.3, 0.4) is 0 Å². The van der Waals surface area contributed by atoms with Crippen LogP contribution < -0.4 is 10.1 Å². The van der Waals surface area contributed by atoms with Gasteiger partial charge in [0.2, 0.25) is 0 Å². The molecule has 0 saturated carbocycles. The molecule has 0 fully saturated rings. The molecule has 0 amide bonds. The number of fused-ring (bicyclic) bond motifs is 1. The Kier molecular flexibility index (Phi) is 5.08. The van der Waals surface area contributed by atoms with Crippen LogP contribution in [0.15, 0.2) is 67.0 Å². The van der Waals surface area contributed by atoms with E-state index in [0.29, 0.717) is 11.5 Å². The minimum atomic E-state index is -0.463. The minimum Gasteiger partial charge on any atom is -0.496 e. The first-order valence-electron chi connectivity index (χ1n) is 8.71. The SMILES string of the molecule is COc1cc2ncnc(Nc3ccc(F)c(Cl)c3)c2cc1Cc1ccccc1. The number of benzene rings is 3. The van der Waals surface area contributed by atoms with E-state index in [1.807, 2.05) is 30.3 Å². The maximum absolute atomic E-state index is 13.4. The fourth-order valence-electron chi connectivity index (χ4n) is 3.08. The van der Waals surface area contributed by atoms with Gasteiger partial charge in [-0.15, -0.1) is 0 Å². The van der Waals surface area contributed by atoms with Crippen molar-refractivity contribution in [1.29, 1.82) is 0 Å². The van der Waals surface area contributed by atoms with Crippen molar-refractivity contribution in [2.24, 2.45) is 0 Å². The van der Waals surface area contributed by atoms with Crippen LogP contribution >= 0.6 is 11.6 Å². The first-order chi connectivity index (χ1) is 13.6. The van der Waals surface area contributed by atoms with Crippen LogP contribution in [0.4, 0.5) is 15.9 Å². The van der Waals surface area contributed by atoms with E-state index in [2.05, 4.69) is 27.4 Å². The second-order valence-corrected chi connectivity index (χ2v) is 6.73. The summed E-state index contributed by atoms with van der Waals surface area (Å²) in [7, 11) is 1.65. The highest BCUT2D eigenvalue weighted by molar-refractivity contribution is 6.31. The summed E-state index contributed by atoms with van der Waals surface area (Å²) in [6, 6.07) is 18.5. The van der Waals surface area contributed by atoms with Crippen LogP contribution in [-0.2, 0) is 6.42 Å². The third-order valence-electron chi connectivity index (χ3n) is 4.46. The van der Waals surface area contributed by atoms with E-state index >= 15 is 0 Å². The van der Waals surface area contributed by atoms with E-state index in [1.165, 1.54) is 24.0 Å². The van der Waals surface area contributed by atoms with Crippen molar-refractivity contribution in [2.75, 3.05) is 12.4 Å². The van der Waals surface area contributed by atoms with Crippen molar-refractivity contribution in [3.05, 3.63) is 89.0 Å². The number of aromatic nitrogens is 2. The number of hydrogen-bond acceptors (Lipinski definition) is 4. The summed E-state index contributed by atoms with van der Waals surface area (Å²) < 4.78 is 19.0. The number of halogens is 2. The Hall–Kier alpha value is -3.18. The predicted octanol–water partition coefficient (Wildman–Crippen LogP) is 5.77. The second kappa shape index (κ2) is 7.82. The van der Waals surface area contributed by atoms with E-state index in [-0.39, 0.29) is 5.02 Å². The van der Waals surface area contributed by atoms with Gasteiger partial charge in [-0.3, -0.25) is 0 Å². The zero-order valence-corrected chi connectivity index (χ0v) is 15.9. The van der Waals surface area contributed by atoms with Gasteiger partial charge in [0.25, 0.3) is 0 Å². The Labute approximate surface area is 167 Å². The number of nitrogens with one attached hydrogen (secondary N) is 1. The molecule has 1 aromatic heterocycles. The summed E-state index contributed by atoms with van der Waals surface area (Å²) in [5.74, 6) is 0.921. The molecular weight excluding hydrogens is 377 g/mol. The van der Waals surface area contributed by atoms with Crippen LogP contribution in [0.25, 0.3) is 10.9 Å². The molecule has 4 aromatic rings. The standard InChI is InChI=1S/C22H17ClFN3O/c1-28-21-12-20-17(10-15(21)9-14-5-3-2-4-6-14)22(26-13-25-20)27-16-7-8-19(24)18(23)11-16/h2-8,10-13H,9H2,1H3,(H,25,26,27). The molecule has 0 aliphatic rings. The molecule has 4 rings (SSSR count). The van der Waals surface area contributed by atoms with Gasteiger partial charge in [0, 0.05) is 23.6 Å². The molecule has 0 atom stereocenters. The summed E-state index contributed by atoms with van der Waals surface area (Å²) in [5.41, 5.74) is 3.60. The summed E-state index contributed by atoms with van der Waals surface area (Å²) in [4.78, 5) is 8.71. The normalized spacial score (nSPS) is 10.8. The largest absolute Gasteiger partial charge is 0.496 e. The van der Waals surface area contributed by atoms with E-state index < -0.39 is 5.82 Å². The van der Waals surface area contributed by atoms with E-state index in [1.54, 1.807) is 13.2 Å². The molecular formula is C22H17ClFN3O. The van der Waals surface area contributed by atoms with E-state index in [0.717, 1.165) is 28.6 Å². The predicted molar refractivity (Wildman–Crippen MR) is 110 cm³/mol. The minimum absolute atomic E-state index is 0.0507. The Bertz CT molecular complexity index is 1140. The summed E-state index contributed by atoms with van der Waals surface area (Å²) in [6.45, 7) is 0. The number of nitrogens with zero attached hydrogens (tertiary/aromatic N) is 2. The van der Waals surface area contributed by atoms with Gasteiger partial charge < -0.3 is 10.1 Å². The molecule has 0 aliphatic carbocycles. The molecule has 0 unspecified atom stereocenters. The number of methoxy groups -OCH3 is 1. The van der Waals surface area contributed by atoms with Crippen LogP contribution in [0.2, 0.25) is 5.02 Å². The topological polar surface area (TPSA) is 47.0 Å². The molecule has 1 N–H and O–H groups in total. The highest BCUT2D eigenvalue weighted by atomic mass is 35.5. The van der Waals surface area contributed by atoms with Gasteiger partial charge in [-0.2, -0.15) is 0 Å². The lowest BCUT2D eigenvalue weighted by Crippen LogP contribution is -1.99. The smallest absolute Gasteiger partial charge is 0.141 e. The molecule has 140 valence electrons. The fraction of sp³-hybridized carbons (Fsp3) is 0.0909. The monoisotopic (exact) mass is 393 g/mol. The zero-order chi connectivity index (χ0) is 19.5. The van der Waals surface area contributed by atoms with Gasteiger partial charge in [0.05, 0.1) is 17.6 Å². The molecule has 6 heteroatoms. The van der Waals surface area contributed by atoms with Gasteiger partial charge in [0.1, 0.15) is 23.7 Å². The highest BCUT2D eigenvalue weighted by Crippen LogP contribution is 2.31. The summed E-state index contributed by atoms with van der Waals surface area (Å²) in [6.07, 6.45) is 2.20. The lowest BCUT2D eigenvalue weighted by molar-refractivity contribution is 0.411. The van der Waals surface area contributed by atoms with Gasteiger partial charge in [-0.05, 0) is 35.4 Å². The number of ether oxygens (including phenoxy) is 1. The van der Waals surface area contributed by atoms with Crippen molar-refractivity contribution in [1.82, 2.24) is 9.97 Å². The molecule has 3 aromatic carbocycles. The maximum atomic E-state index is 13.4. The number of hydrogen-bond donors (Lipinski definition) is 1. The fourth-order valence-corrected chi connectivity index (χ4v) is 3.26. The van der Waals surface area contributed by atoms with Crippen molar-refractivity contribution in [3.8, 4) is 5.75 Å². The van der Waals surface area contributed by atoms with Crippen molar-refractivity contribution < 1.29 is 9.13 Å². The van der Waals surface area contributed by atoms with E-state index in [9.17, 15) is 4.39 Å². The quantitative estimate of drug-likeness (QED) is 0.468. The second-order valence-electron chi connectivity index (χ2n) is 6.32. The van der Waals surface area contributed by atoms with Gasteiger partial charge in [-0.25, -0.2) is 14.4 Å². The van der Waals surface area contributed by atoms with Crippen LogP contribution in [-0.4, -0.2) is 17.1 Å². The Morgan fingerprint density at radius 2 is 1.86 bits per heavy atom. The number of rotatable bonds is 5. The highest BCUT2D eigenvalue weighted by Gasteiger charge is 2.12. The van der Waals surface area contributed by atoms with Crippen molar-refractivity contribution in [2.45, 2.75) is 6.42 Å². The Morgan fingerprint density at radius 3 is 2.61 bits per heavy atom. The first kappa shape index (κ1) is 18.2. The van der Waals surface area contributed by atoms with Gasteiger partial charge in [0.15, 0.2) is 0 Å². The van der Waals surface area contributed by atoms with Crippen molar-refractivity contribution >= 4 is 34.0 Å². The molecule has 0 spiro atoms. The van der Waals surface area contributed by atoms with Crippen molar-refractivity contribution in [3.63, 3.8) is 0 Å². The summed E-state index contributed by atoms with van der Waals surface area (Å²) >= 11 is 5.89. The Morgan fingerprint density at radius 1 is 1.04 bits per heavy atom. The molecule has 0 radical (unpaired) electrons. The van der Waals surface area contributed by atoms with Gasteiger partial charge in [-0.1, -0.05) is 41.9 Å². The number of anilines is 2.